The number of hydrogen-bond acceptors (Lipinski definition) is 4. The molecule has 0 spiro atoms. The van der Waals surface area contributed by atoms with Crippen LogP contribution in [0.5, 0.6) is 11.5 Å². The Morgan fingerprint density at radius 1 is 1.00 bits per heavy atom. The second-order valence-corrected chi connectivity index (χ2v) is 6.89. The summed E-state index contributed by atoms with van der Waals surface area (Å²) in [6.07, 6.45) is 0. The van der Waals surface area contributed by atoms with Gasteiger partial charge in [0.15, 0.2) is 18.1 Å². The van der Waals surface area contributed by atoms with E-state index in [-0.39, 0.29) is 19.1 Å². The monoisotopic (exact) mass is 442 g/mol. The topological polar surface area (TPSA) is 76.7 Å². The van der Waals surface area contributed by atoms with Gasteiger partial charge in [-0.25, -0.2) is 4.39 Å². The Labute approximate surface area is 183 Å². The molecule has 3 aromatic rings. The molecule has 0 unspecified atom stereocenters. The van der Waals surface area contributed by atoms with E-state index in [9.17, 15) is 14.0 Å². The van der Waals surface area contributed by atoms with Gasteiger partial charge in [-0.2, -0.15) is 0 Å². The van der Waals surface area contributed by atoms with E-state index in [2.05, 4.69) is 10.6 Å². The third-order valence-electron chi connectivity index (χ3n) is 4.31. The number of carbonyl (C=O) groups is 2. The minimum absolute atomic E-state index is 0.280. The smallest absolute Gasteiger partial charge is 0.262 e. The number of hydrogen-bond donors (Lipinski definition) is 2. The first-order valence-corrected chi connectivity index (χ1v) is 9.72. The van der Waals surface area contributed by atoms with Crippen LogP contribution >= 0.6 is 11.6 Å². The van der Waals surface area contributed by atoms with Crippen molar-refractivity contribution in [3.05, 3.63) is 88.7 Å². The van der Waals surface area contributed by atoms with Gasteiger partial charge in [-0.1, -0.05) is 29.8 Å². The molecule has 0 radical (unpaired) electrons. The van der Waals surface area contributed by atoms with Gasteiger partial charge in [0, 0.05) is 22.8 Å². The lowest BCUT2D eigenvalue weighted by atomic mass is 10.1. The molecule has 0 aliphatic rings. The lowest BCUT2D eigenvalue weighted by Crippen LogP contribution is -2.23. The third-order valence-corrected chi connectivity index (χ3v) is 4.68. The van der Waals surface area contributed by atoms with Crippen LogP contribution in [-0.2, 0) is 11.3 Å². The summed E-state index contributed by atoms with van der Waals surface area (Å²) in [5.74, 6) is -0.511. The van der Waals surface area contributed by atoms with Gasteiger partial charge in [-0.3, -0.25) is 9.59 Å². The van der Waals surface area contributed by atoms with Crippen molar-refractivity contribution in [1.29, 1.82) is 0 Å². The third kappa shape index (κ3) is 6.20. The molecule has 2 N–H and O–H groups in total. The summed E-state index contributed by atoms with van der Waals surface area (Å²) >= 11 is 6.10. The highest BCUT2D eigenvalue weighted by atomic mass is 35.5. The maximum atomic E-state index is 12.9. The summed E-state index contributed by atoms with van der Waals surface area (Å²) in [6.45, 7) is -0.00554. The zero-order chi connectivity index (χ0) is 22.2. The summed E-state index contributed by atoms with van der Waals surface area (Å²) in [7, 11) is 1.44. The fraction of sp³-hybridized carbons (Fsp3) is 0.130. The Bertz CT molecular complexity index is 1070. The van der Waals surface area contributed by atoms with E-state index in [1.54, 1.807) is 18.2 Å². The number of benzene rings is 3. The molecule has 0 aliphatic carbocycles. The van der Waals surface area contributed by atoms with Crippen LogP contribution in [0.4, 0.5) is 10.1 Å². The van der Waals surface area contributed by atoms with Crippen LogP contribution in [0.15, 0.2) is 66.7 Å². The van der Waals surface area contributed by atoms with Crippen molar-refractivity contribution in [3.63, 3.8) is 0 Å². The molecule has 3 rings (SSSR count). The van der Waals surface area contributed by atoms with E-state index in [0.717, 1.165) is 5.56 Å². The zero-order valence-electron chi connectivity index (χ0n) is 16.7. The number of ether oxygens (including phenoxy) is 2. The molecular formula is C23H20ClFN2O4. The average molecular weight is 443 g/mol. The Kier molecular flexibility index (Phi) is 7.45. The highest BCUT2D eigenvalue weighted by Gasteiger charge is 2.13. The molecule has 0 saturated carbocycles. The Hall–Kier alpha value is -3.58. The number of nitrogens with one attached hydrogen (secondary N) is 2. The molecule has 0 aliphatic heterocycles. The molecule has 31 heavy (non-hydrogen) atoms. The fourth-order valence-electron chi connectivity index (χ4n) is 2.72. The fourth-order valence-corrected chi connectivity index (χ4v) is 2.92. The van der Waals surface area contributed by atoms with Crippen LogP contribution in [-0.4, -0.2) is 25.5 Å². The predicted molar refractivity (Wildman–Crippen MR) is 116 cm³/mol. The molecule has 0 aromatic heterocycles. The first kappa shape index (κ1) is 22.1. The van der Waals surface area contributed by atoms with Crippen molar-refractivity contribution in [1.82, 2.24) is 5.32 Å². The summed E-state index contributed by atoms with van der Waals surface area (Å²) in [5.41, 5.74) is 1.62. The van der Waals surface area contributed by atoms with Crippen molar-refractivity contribution in [2.24, 2.45) is 0 Å². The van der Waals surface area contributed by atoms with Crippen LogP contribution in [0.3, 0.4) is 0 Å². The molecule has 3 aromatic carbocycles. The highest BCUT2D eigenvalue weighted by molar-refractivity contribution is 6.31. The second-order valence-electron chi connectivity index (χ2n) is 6.48. The molecule has 6 nitrogen and oxygen atoms in total. The summed E-state index contributed by atoms with van der Waals surface area (Å²) in [6, 6.07) is 17.3. The Balaban J connectivity index is 1.58. The van der Waals surface area contributed by atoms with Crippen LogP contribution < -0.4 is 20.1 Å². The highest BCUT2D eigenvalue weighted by Crippen LogP contribution is 2.28. The maximum absolute atomic E-state index is 12.9. The van der Waals surface area contributed by atoms with E-state index >= 15 is 0 Å². The van der Waals surface area contributed by atoms with Crippen molar-refractivity contribution in [2.45, 2.75) is 6.54 Å². The standard InChI is InChI=1S/C23H20ClFN2O4/c1-30-21-12-15(23(29)26-13-16-4-2-3-5-19(16)24)6-11-20(21)31-14-22(28)27-18-9-7-17(25)8-10-18/h2-12H,13-14H2,1H3,(H,26,29)(H,27,28). The molecule has 8 heteroatoms. The molecule has 0 fully saturated rings. The van der Waals surface area contributed by atoms with Crippen LogP contribution in [0.1, 0.15) is 15.9 Å². The number of methoxy groups -OCH3 is 1. The molecule has 2 amide bonds. The SMILES string of the molecule is COc1cc(C(=O)NCc2ccccc2Cl)ccc1OCC(=O)Nc1ccc(F)cc1. The minimum Gasteiger partial charge on any atom is -0.493 e. The zero-order valence-corrected chi connectivity index (χ0v) is 17.4. The number of halogens is 2. The number of carbonyl (C=O) groups excluding carboxylic acids is 2. The lowest BCUT2D eigenvalue weighted by molar-refractivity contribution is -0.118. The van der Waals surface area contributed by atoms with Crippen molar-refractivity contribution in [3.8, 4) is 11.5 Å². The van der Waals surface area contributed by atoms with E-state index in [1.807, 2.05) is 18.2 Å². The quantitative estimate of drug-likeness (QED) is 0.541. The van der Waals surface area contributed by atoms with Crippen LogP contribution in [0, 0.1) is 5.82 Å². The average Bonchev–Trinajstić information content (AvgIpc) is 2.78. The summed E-state index contributed by atoms with van der Waals surface area (Å²) in [4.78, 5) is 24.5. The Morgan fingerprint density at radius 2 is 1.74 bits per heavy atom. The van der Waals surface area contributed by atoms with E-state index < -0.39 is 11.7 Å². The Morgan fingerprint density at radius 3 is 2.45 bits per heavy atom. The minimum atomic E-state index is -0.421. The molecular weight excluding hydrogens is 423 g/mol. The largest absolute Gasteiger partial charge is 0.493 e. The van der Waals surface area contributed by atoms with Crippen LogP contribution in [0.2, 0.25) is 5.02 Å². The van der Waals surface area contributed by atoms with Gasteiger partial charge < -0.3 is 20.1 Å². The van der Waals surface area contributed by atoms with Gasteiger partial charge in [0.25, 0.3) is 11.8 Å². The lowest BCUT2D eigenvalue weighted by Gasteiger charge is -2.13. The first-order chi connectivity index (χ1) is 15.0. The van der Waals surface area contributed by atoms with Crippen molar-refractivity contribution in [2.75, 3.05) is 19.0 Å². The van der Waals surface area contributed by atoms with Crippen molar-refractivity contribution < 1.29 is 23.5 Å². The number of amides is 2. The van der Waals surface area contributed by atoms with Gasteiger partial charge in [0.05, 0.1) is 7.11 Å². The normalized spacial score (nSPS) is 10.3. The van der Waals surface area contributed by atoms with Crippen molar-refractivity contribution >= 4 is 29.1 Å². The number of rotatable bonds is 8. The first-order valence-electron chi connectivity index (χ1n) is 9.34. The molecule has 0 saturated heterocycles. The molecule has 160 valence electrons. The number of anilines is 1. The predicted octanol–water partition coefficient (Wildman–Crippen LogP) is 4.44. The van der Waals surface area contributed by atoms with Gasteiger partial charge in [0.1, 0.15) is 5.82 Å². The molecule has 0 heterocycles. The van der Waals surface area contributed by atoms with Gasteiger partial charge in [0.2, 0.25) is 0 Å². The van der Waals surface area contributed by atoms with Crippen LogP contribution in [0.25, 0.3) is 0 Å². The van der Waals surface area contributed by atoms with E-state index in [1.165, 1.54) is 37.4 Å². The van der Waals surface area contributed by atoms with Gasteiger partial charge in [-0.15, -0.1) is 0 Å². The van der Waals surface area contributed by atoms with Gasteiger partial charge in [-0.05, 0) is 54.1 Å². The summed E-state index contributed by atoms with van der Waals surface area (Å²) < 4.78 is 23.7. The van der Waals surface area contributed by atoms with E-state index in [0.29, 0.717) is 27.8 Å². The summed E-state index contributed by atoms with van der Waals surface area (Å²) in [5, 5.41) is 5.97. The van der Waals surface area contributed by atoms with Gasteiger partial charge >= 0.3 is 0 Å². The molecule has 0 atom stereocenters. The molecule has 0 bridgehead atoms. The maximum Gasteiger partial charge on any atom is 0.262 e. The second kappa shape index (κ2) is 10.4. The van der Waals surface area contributed by atoms with E-state index in [4.69, 9.17) is 21.1 Å².